The van der Waals surface area contributed by atoms with Gasteiger partial charge in [-0.05, 0) is 36.6 Å². The van der Waals surface area contributed by atoms with Crippen LogP contribution in [0.15, 0.2) is 61.3 Å². The van der Waals surface area contributed by atoms with Crippen LogP contribution >= 0.6 is 0 Å². The lowest BCUT2D eigenvalue weighted by Gasteiger charge is -2.37. The molecule has 11 heteroatoms. The molecule has 1 saturated heterocycles. The van der Waals surface area contributed by atoms with E-state index in [9.17, 15) is 27.6 Å². The predicted octanol–water partition coefficient (Wildman–Crippen LogP) is 3.97. The Kier molecular flexibility index (Phi) is 10.9. The predicted molar refractivity (Wildman–Crippen MR) is 139 cm³/mol. The molecule has 3 rings (SSSR count). The van der Waals surface area contributed by atoms with E-state index in [2.05, 4.69) is 16.9 Å². The number of carbonyl (C=O) groups excluding carboxylic acids is 3. The van der Waals surface area contributed by atoms with Gasteiger partial charge in [-0.2, -0.15) is 13.2 Å². The molecule has 1 N–H and O–H groups in total. The first-order chi connectivity index (χ1) is 18.7. The summed E-state index contributed by atoms with van der Waals surface area (Å²) in [5.74, 6) is -1.07. The Hall–Kier alpha value is -3.89. The number of aromatic nitrogens is 1. The molecule has 0 saturated carbocycles. The van der Waals surface area contributed by atoms with Crippen molar-refractivity contribution in [2.45, 2.75) is 38.5 Å². The second-order valence-corrected chi connectivity index (χ2v) is 9.25. The van der Waals surface area contributed by atoms with Crippen LogP contribution in [0.4, 0.5) is 19.0 Å². The second kappa shape index (κ2) is 14.3. The third-order valence-electron chi connectivity index (χ3n) is 6.46. The van der Waals surface area contributed by atoms with Crippen molar-refractivity contribution in [3.8, 4) is 0 Å². The summed E-state index contributed by atoms with van der Waals surface area (Å²) >= 11 is 0. The maximum Gasteiger partial charge on any atom is 0.417 e. The number of piperazine rings is 1. The van der Waals surface area contributed by atoms with Gasteiger partial charge in [-0.3, -0.25) is 14.4 Å². The van der Waals surface area contributed by atoms with Crippen molar-refractivity contribution in [1.29, 1.82) is 0 Å². The van der Waals surface area contributed by atoms with Crippen molar-refractivity contribution in [3.05, 3.63) is 72.4 Å². The number of pyridine rings is 1. The molecule has 1 aliphatic heterocycles. The van der Waals surface area contributed by atoms with E-state index in [0.717, 1.165) is 17.8 Å². The van der Waals surface area contributed by atoms with Gasteiger partial charge in [0.05, 0.1) is 12.0 Å². The number of hydrogen-bond donors (Lipinski definition) is 1. The van der Waals surface area contributed by atoms with E-state index in [4.69, 9.17) is 4.74 Å². The lowest BCUT2D eigenvalue weighted by atomic mass is 9.96. The van der Waals surface area contributed by atoms with E-state index >= 15 is 0 Å². The number of halogens is 3. The van der Waals surface area contributed by atoms with Crippen molar-refractivity contribution >= 4 is 23.6 Å². The van der Waals surface area contributed by atoms with Gasteiger partial charge >= 0.3 is 12.1 Å². The summed E-state index contributed by atoms with van der Waals surface area (Å²) in [6, 6.07) is 11.6. The van der Waals surface area contributed by atoms with E-state index in [1.165, 1.54) is 12.1 Å². The number of alkyl halides is 3. The molecule has 210 valence electrons. The van der Waals surface area contributed by atoms with Gasteiger partial charge in [0.25, 0.3) is 0 Å². The molecule has 0 radical (unpaired) electrons. The number of ether oxygens (including phenoxy) is 1. The Morgan fingerprint density at radius 1 is 1.05 bits per heavy atom. The number of esters is 1. The minimum atomic E-state index is -4.45. The van der Waals surface area contributed by atoms with Crippen molar-refractivity contribution in [2.24, 2.45) is 5.92 Å². The summed E-state index contributed by atoms with van der Waals surface area (Å²) in [5.41, 5.74) is 0.0331. The van der Waals surface area contributed by atoms with Gasteiger partial charge in [0.15, 0.2) is 0 Å². The van der Waals surface area contributed by atoms with Crippen LogP contribution < -0.4 is 10.2 Å². The molecule has 2 aromatic rings. The Labute approximate surface area is 225 Å². The molecule has 0 aliphatic carbocycles. The van der Waals surface area contributed by atoms with E-state index in [1.54, 1.807) is 4.90 Å². The molecule has 1 atom stereocenters. The molecule has 2 heterocycles. The summed E-state index contributed by atoms with van der Waals surface area (Å²) in [6.45, 7) is 5.48. The van der Waals surface area contributed by atoms with Crippen LogP contribution in [0.3, 0.4) is 0 Å². The van der Waals surface area contributed by atoms with E-state index in [1.807, 2.05) is 35.2 Å². The smallest absolute Gasteiger partial charge is 0.417 e. The summed E-state index contributed by atoms with van der Waals surface area (Å²) < 4.78 is 43.9. The Morgan fingerprint density at radius 3 is 2.38 bits per heavy atom. The molecular formula is C28H33F3N4O4. The average molecular weight is 547 g/mol. The third kappa shape index (κ3) is 9.42. The fraction of sp³-hybridized carbons (Fsp3) is 0.429. The highest BCUT2D eigenvalue weighted by atomic mass is 19.4. The number of benzene rings is 1. The van der Waals surface area contributed by atoms with E-state index in [0.29, 0.717) is 57.8 Å². The molecule has 1 aliphatic rings. The topological polar surface area (TPSA) is 91.8 Å². The van der Waals surface area contributed by atoms with Crippen molar-refractivity contribution in [1.82, 2.24) is 15.2 Å². The molecule has 39 heavy (non-hydrogen) atoms. The molecule has 2 amide bonds. The average Bonchev–Trinajstić information content (AvgIpc) is 2.95. The second-order valence-electron chi connectivity index (χ2n) is 9.25. The van der Waals surface area contributed by atoms with Gasteiger partial charge < -0.3 is 19.9 Å². The normalized spacial score (nSPS) is 14.4. The van der Waals surface area contributed by atoms with Gasteiger partial charge in [-0.25, -0.2) is 4.98 Å². The molecule has 1 aromatic heterocycles. The Bertz CT molecular complexity index is 1100. The zero-order chi connectivity index (χ0) is 28.3. The van der Waals surface area contributed by atoms with Gasteiger partial charge in [0.1, 0.15) is 12.4 Å². The first kappa shape index (κ1) is 29.7. The SMILES string of the molecule is C=CC(=O)NCCCC[C@H](CC(=O)OCc1ccccc1)C(=O)N1CCN(c2ccc(C(F)(F)F)cn2)CC1. The monoisotopic (exact) mass is 546 g/mol. The van der Waals surface area contributed by atoms with Crippen LogP contribution in [0.25, 0.3) is 0 Å². The highest BCUT2D eigenvalue weighted by Gasteiger charge is 2.32. The Balaban J connectivity index is 1.55. The molecule has 0 unspecified atom stereocenters. The number of carbonyl (C=O) groups is 3. The van der Waals surface area contributed by atoms with Crippen LogP contribution in [0.1, 0.15) is 36.8 Å². The maximum absolute atomic E-state index is 13.4. The summed E-state index contributed by atoms with van der Waals surface area (Å²) in [6.07, 6.45) is -0.818. The highest BCUT2D eigenvalue weighted by molar-refractivity contribution is 5.86. The van der Waals surface area contributed by atoms with Gasteiger partial charge in [-0.1, -0.05) is 43.3 Å². The molecule has 0 spiro atoms. The number of amides is 2. The van der Waals surface area contributed by atoms with E-state index in [-0.39, 0.29) is 24.8 Å². The standard InChI is InChI=1S/C28H33F3N4O4/c1-2-25(36)32-13-7-6-10-22(18-26(37)39-20-21-8-4-3-5-9-21)27(38)35-16-14-34(15-17-35)24-12-11-23(19-33-24)28(29,30)31/h2-5,8-9,11-12,19,22H,1,6-7,10,13-18,20H2,(H,32,36)/t22-/m1/s1. The van der Waals surface area contributed by atoms with Crippen molar-refractivity contribution < 1.29 is 32.3 Å². The minimum absolute atomic E-state index is 0.0641. The molecule has 1 aromatic carbocycles. The molecular weight excluding hydrogens is 513 g/mol. The molecule has 8 nitrogen and oxygen atoms in total. The number of nitrogens with zero attached hydrogens (tertiary/aromatic N) is 3. The number of nitrogens with one attached hydrogen (secondary N) is 1. The van der Waals surface area contributed by atoms with Crippen molar-refractivity contribution in [3.63, 3.8) is 0 Å². The first-order valence-electron chi connectivity index (χ1n) is 12.8. The van der Waals surface area contributed by atoms with Gasteiger partial charge in [0, 0.05) is 44.8 Å². The van der Waals surface area contributed by atoms with Gasteiger partial charge in [0.2, 0.25) is 11.8 Å². The quantitative estimate of drug-likeness (QED) is 0.246. The first-order valence-corrected chi connectivity index (χ1v) is 12.8. The molecule has 0 bridgehead atoms. The summed E-state index contributed by atoms with van der Waals surface area (Å²) in [5, 5.41) is 2.69. The number of anilines is 1. The van der Waals surface area contributed by atoms with Crippen molar-refractivity contribution in [2.75, 3.05) is 37.6 Å². The lowest BCUT2D eigenvalue weighted by molar-refractivity contribution is -0.150. The Morgan fingerprint density at radius 2 is 1.77 bits per heavy atom. The van der Waals surface area contributed by atoms with Gasteiger partial charge in [-0.15, -0.1) is 0 Å². The number of hydrogen-bond acceptors (Lipinski definition) is 6. The van der Waals surface area contributed by atoms with Crippen LogP contribution in [-0.2, 0) is 31.9 Å². The maximum atomic E-state index is 13.4. The fourth-order valence-corrected chi connectivity index (χ4v) is 4.27. The van der Waals surface area contributed by atoms with Crippen LogP contribution in [0, 0.1) is 5.92 Å². The largest absolute Gasteiger partial charge is 0.461 e. The van der Waals surface area contributed by atoms with Crippen LogP contribution in [0.2, 0.25) is 0 Å². The summed E-state index contributed by atoms with van der Waals surface area (Å²) in [4.78, 5) is 44.8. The van der Waals surface area contributed by atoms with Crippen LogP contribution in [-0.4, -0.2) is 60.4 Å². The highest BCUT2D eigenvalue weighted by Crippen LogP contribution is 2.29. The fourth-order valence-electron chi connectivity index (χ4n) is 4.27. The number of unbranched alkanes of at least 4 members (excludes halogenated alkanes) is 1. The number of rotatable bonds is 12. The third-order valence-corrected chi connectivity index (χ3v) is 6.46. The summed E-state index contributed by atoms with van der Waals surface area (Å²) in [7, 11) is 0. The van der Waals surface area contributed by atoms with Crippen LogP contribution in [0.5, 0.6) is 0 Å². The lowest BCUT2D eigenvalue weighted by Crippen LogP contribution is -2.51. The zero-order valence-electron chi connectivity index (χ0n) is 21.7. The zero-order valence-corrected chi connectivity index (χ0v) is 21.7. The van der Waals surface area contributed by atoms with E-state index < -0.39 is 23.6 Å². The minimum Gasteiger partial charge on any atom is -0.461 e. The molecule has 1 fully saturated rings.